The molecule has 3 N–H and O–H groups in total. The van der Waals surface area contributed by atoms with Crippen LogP contribution in [-0.4, -0.2) is 15.8 Å². The summed E-state index contributed by atoms with van der Waals surface area (Å²) in [6, 6.07) is 11.2. The molecule has 0 aliphatic carbocycles. The summed E-state index contributed by atoms with van der Waals surface area (Å²) in [5, 5.41) is 3.76. The van der Waals surface area contributed by atoms with Crippen molar-refractivity contribution >= 4 is 33.8 Å². The summed E-state index contributed by atoms with van der Waals surface area (Å²) >= 11 is 1.24. The second-order valence-corrected chi connectivity index (χ2v) is 5.79. The number of aromatic nitrogens is 2. The van der Waals surface area contributed by atoms with Crippen molar-refractivity contribution in [1.29, 1.82) is 0 Å². The highest BCUT2D eigenvalue weighted by Gasteiger charge is 2.17. The second-order valence-electron chi connectivity index (χ2n) is 4.79. The number of nitrogens with two attached hydrogens (primary N) is 1. The molecule has 0 bridgehead atoms. The molecule has 0 radical (unpaired) electrons. The van der Waals surface area contributed by atoms with Crippen LogP contribution < -0.4 is 11.1 Å². The molecule has 5 nitrogen and oxygen atoms in total. The monoisotopic (exact) mass is 310 g/mol. The van der Waals surface area contributed by atoms with Crippen molar-refractivity contribution in [1.82, 2.24) is 9.97 Å². The predicted molar refractivity (Wildman–Crippen MR) is 88.7 cm³/mol. The van der Waals surface area contributed by atoms with Crippen molar-refractivity contribution < 1.29 is 4.79 Å². The van der Waals surface area contributed by atoms with Gasteiger partial charge in [0.1, 0.15) is 10.7 Å². The van der Waals surface area contributed by atoms with Gasteiger partial charge in [0.2, 0.25) is 5.78 Å². The van der Waals surface area contributed by atoms with Crippen molar-refractivity contribution in [3.05, 3.63) is 64.8 Å². The Bertz CT molecular complexity index is 797. The normalized spacial score (nSPS) is 10.4. The van der Waals surface area contributed by atoms with Gasteiger partial charge in [-0.2, -0.15) is 0 Å². The first-order valence-corrected chi connectivity index (χ1v) is 7.50. The molecule has 22 heavy (non-hydrogen) atoms. The van der Waals surface area contributed by atoms with E-state index in [-0.39, 0.29) is 11.6 Å². The number of hydrogen-bond donors (Lipinski definition) is 2. The van der Waals surface area contributed by atoms with Crippen molar-refractivity contribution in [3.63, 3.8) is 0 Å². The van der Waals surface area contributed by atoms with E-state index >= 15 is 0 Å². The lowest BCUT2D eigenvalue weighted by atomic mass is 10.1. The molecule has 0 unspecified atom stereocenters. The van der Waals surface area contributed by atoms with Gasteiger partial charge in [-0.25, -0.2) is 4.98 Å². The van der Waals surface area contributed by atoms with Gasteiger partial charge < -0.3 is 11.1 Å². The summed E-state index contributed by atoms with van der Waals surface area (Å²) in [6.45, 7) is 2.02. The predicted octanol–water partition coefficient (Wildman–Crippen LogP) is 3.40. The fourth-order valence-electron chi connectivity index (χ4n) is 1.94. The van der Waals surface area contributed by atoms with Gasteiger partial charge in [-0.05, 0) is 31.2 Å². The zero-order valence-electron chi connectivity index (χ0n) is 11.9. The molecule has 110 valence electrons. The molecule has 0 aliphatic rings. The lowest BCUT2D eigenvalue weighted by molar-refractivity contribution is 0.104. The van der Waals surface area contributed by atoms with Gasteiger partial charge in [0.05, 0.1) is 0 Å². The van der Waals surface area contributed by atoms with Crippen LogP contribution in [0.25, 0.3) is 0 Å². The van der Waals surface area contributed by atoms with Gasteiger partial charge in [-0.1, -0.05) is 29.0 Å². The third-order valence-corrected chi connectivity index (χ3v) is 4.09. The van der Waals surface area contributed by atoms with Gasteiger partial charge >= 0.3 is 0 Å². The first kappa shape index (κ1) is 14.2. The first-order valence-electron chi connectivity index (χ1n) is 6.68. The maximum absolute atomic E-state index is 12.4. The summed E-state index contributed by atoms with van der Waals surface area (Å²) in [5.41, 5.74) is 8.51. The summed E-state index contributed by atoms with van der Waals surface area (Å²) in [4.78, 5) is 21.0. The number of nitrogens with one attached hydrogen (secondary N) is 1. The third-order valence-electron chi connectivity index (χ3n) is 3.10. The van der Waals surface area contributed by atoms with Gasteiger partial charge in [0, 0.05) is 23.6 Å². The molecule has 3 rings (SSSR count). The second kappa shape index (κ2) is 5.95. The van der Waals surface area contributed by atoms with Crippen LogP contribution in [0.5, 0.6) is 0 Å². The highest BCUT2D eigenvalue weighted by molar-refractivity contribution is 7.18. The Morgan fingerprint density at radius 3 is 2.50 bits per heavy atom. The number of hydrogen-bond acceptors (Lipinski definition) is 6. The van der Waals surface area contributed by atoms with Crippen LogP contribution >= 0.6 is 11.3 Å². The molecule has 2 heterocycles. The Morgan fingerprint density at radius 1 is 1.14 bits per heavy atom. The van der Waals surface area contributed by atoms with E-state index in [1.54, 1.807) is 24.5 Å². The fraction of sp³-hybridized carbons (Fsp3) is 0.0625. The number of carbonyl (C=O) groups is 1. The Balaban J connectivity index is 1.85. The van der Waals surface area contributed by atoms with Gasteiger partial charge in [0.25, 0.3) is 0 Å². The van der Waals surface area contributed by atoms with Gasteiger partial charge in [0.15, 0.2) is 5.13 Å². The van der Waals surface area contributed by atoms with Crippen LogP contribution in [0.2, 0.25) is 0 Å². The highest BCUT2D eigenvalue weighted by atomic mass is 32.1. The standard InChI is InChI=1S/C16H14N4OS/c1-10-2-4-12(5-3-10)19-16-20-15(17)14(22-16)13(21)11-6-8-18-9-7-11/h2-9H,17H2,1H3,(H,19,20). The lowest BCUT2D eigenvalue weighted by Crippen LogP contribution is -2.02. The molecule has 0 amide bonds. The zero-order chi connectivity index (χ0) is 15.5. The average Bonchev–Trinajstić information content (AvgIpc) is 2.90. The van der Waals surface area contributed by atoms with Crippen molar-refractivity contribution in [3.8, 4) is 0 Å². The number of nitrogen functional groups attached to an aromatic ring is 1. The van der Waals surface area contributed by atoms with Crippen LogP contribution in [0.1, 0.15) is 20.8 Å². The minimum atomic E-state index is -0.144. The van der Waals surface area contributed by atoms with E-state index in [0.29, 0.717) is 15.6 Å². The number of benzene rings is 1. The molecule has 6 heteroatoms. The SMILES string of the molecule is Cc1ccc(Nc2nc(N)c(C(=O)c3ccncc3)s2)cc1. The van der Waals surface area contributed by atoms with E-state index in [1.807, 2.05) is 31.2 Å². The number of rotatable bonds is 4. The minimum absolute atomic E-state index is 0.144. The molecule has 0 aliphatic heterocycles. The summed E-state index contributed by atoms with van der Waals surface area (Å²) in [5.74, 6) is 0.0933. The summed E-state index contributed by atoms with van der Waals surface area (Å²) < 4.78 is 0. The van der Waals surface area contributed by atoms with Crippen LogP contribution in [0.4, 0.5) is 16.6 Å². The van der Waals surface area contributed by atoms with Crippen molar-refractivity contribution in [2.24, 2.45) is 0 Å². The smallest absolute Gasteiger partial charge is 0.206 e. The molecule has 3 aromatic rings. The quantitative estimate of drug-likeness (QED) is 0.722. The van der Waals surface area contributed by atoms with Crippen LogP contribution in [0, 0.1) is 6.92 Å². The molecular weight excluding hydrogens is 296 g/mol. The lowest BCUT2D eigenvalue weighted by Gasteiger charge is -2.01. The molecule has 0 spiro atoms. The molecular formula is C16H14N4OS. The number of ketones is 1. The maximum atomic E-state index is 12.4. The van der Waals surface area contributed by atoms with Gasteiger partial charge in [-0.15, -0.1) is 0 Å². The van der Waals surface area contributed by atoms with E-state index in [4.69, 9.17) is 5.73 Å². The van der Waals surface area contributed by atoms with E-state index in [2.05, 4.69) is 15.3 Å². The average molecular weight is 310 g/mol. The summed E-state index contributed by atoms with van der Waals surface area (Å²) in [6.07, 6.45) is 3.16. The number of pyridine rings is 1. The van der Waals surface area contributed by atoms with Crippen molar-refractivity contribution in [2.45, 2.75) is 6.92 Å². The molecule has 0 atom stereocenters. The minimum Gasteiger partial charge on any atom is -0.382 e. The Labute approximate surface area is 131 Å². The van der Waals surface area contributed by atoms with Crippen LogP contribution in [0.3, 0.4) is 0 Å². The topological polar surface area (TPSA) is 80.9 Å². The van der Waals surface area contributed by atoms with E-state index in [0.717, 1.165) is 5.69 Å². The van der Waals surface area contributed by atoms with Crippen LogP contribution in [0.15, 0.2) is 48.8 Å². The fourth-order valence-corrected chi connectivity index (χ4v) is 2.81. The van der Waals surface area contributed by atoms with E-state index in [1.165, 1.54) is 16.9 Å². The Hall–Kier alpha value is -2.73. The number of anilines is 3. The first-order chi connectivity index (χ1) is 10.6. The largest absolute Gasteiger partial charge is 0.382 e. The Kier molecular flexibility index (Phi) is 3.84. The van der Waals surface area contributed by atoms with Gasteiger partial charge in [-0.3, -0.25) is 9.78 Å². The molecule has 0 saturated carbocycles. The van der Waals surface area contributed by atoms with E-state index in [9.17, 15) is 4.79 Å². The number of carbonyl (C=O) groups excluding carboxylic acids is 1. The number of aryl methyl sites for hydroxylation is 1. The number of thiazole rings is 1. The molecule has 1 aromatic carbocycles. The third kappa shape index (κ3) is 2.96. The van der Waals surface area contributed by atoms with E-state index < -0.39 is 0 Å². The highest BCUT2D eigenvalue weighted by Crippen LogP contribution is 2.29. The van der Waals surface area contributed by atoms with Crippen molar-refractivity contribution in [2.75, 3.05) is 11.1 Å². The molecule has 0 saturated heterocycles. The summed E-state index contributed by atoms with van der Waals surface area (Å²) in [7, 11) is 0. The Morgan fingerprint density at radius 2 is 1.82 bits per heavy atom. The maximum Gasteiger partial charge on any atom is 0.206 e. The zero-order valence-corrected chi connectivity index (χ0v) is 12.7. The molecule has 0 fully saturated rings. The van der Waals surface area contributed by atoms with Crippen LogP contribution in [-0.2, 0) is 0 Å². The molecule has 2 aromatic heterocycles. The number of nitrogens with zero attached hydrogens (tertiary/aromatic N) is 2.